The van der Waals surface area contributed by atoms with Crippen LogP contribution in [0.1, 0.15) is 43.0 Å². The molecule has 0 bridgehead atoms. The third-order valence-corrected chi connectivity index (χ3v) is 5.66. The Hall–Kier alpha value is -2.97. The molecule has 2 saturated heterocycles. The van der Waals surface area contributed by atoms with Gasteiger partial charge >= 0.3 is 6.03 Å². The van der Waals surface area contributed by atoms with Crippen LogP contribution in [-0.2, 0) is 4.79 Å². The van der Waals surface area contributed by atoms with Crippen molar-refractivity contribution in [2.45, 2.75) is 38.1 Å². The predicted octanol–water partition coefficient (Wildman–Crippen LogP) is 1.19. The van der Waals surface area contributed by atoms with Crippen molar-refractivity contribution in [1.29, 1.82) is 0 Å². The number of carbonyl (C=O) groups is 3. The van der Waals surface area contributed by atoms with Crippen LogP contribution in [0.25, 0.3) is 11.0 Å². The highest BCUT2D eigenvalue weighted by Gasteiger charge is 2.51. The first-order valence-electron chi connectivity index (χ1n) is 9.27. The summed E-state index contributed by atoms with van der Waals surface area (Å²) in [5.41, 5.74) is 1.10. The molecular weight excluding hydrogens is 348 g/mol. The average molecular weight is 370 g/mol. The second-order valence-corrected chi connectivity index (χ2v) is 7.22. The summed E-state index contributed by atoms with van der Waals surface area (Å²) in [5, 5.41) is 15.8. The van der Waals surface area contributed by atoms with Crippen LogP contribution in [0.2, 0.25) is 0 Å². The summed E-state index contributed by atoms with van der Waals surface area (Å²) < 4.78 is 0. The summed E-state index contributed by atoms with van der Waals surface area (Å²) in [5.74, 6) is -0.274. The number of rotatable bonds is 4. The topological polar surface area (TPSA) is 120 Å². The van der Waals surface area contributed by atoms with Crippen LogP contribution in [0, 0.1) is 5.92 Å². The number of hydrogen-bond donors (Lipinski definition) is 3. The molecule has 2 aromatic rings. The summed E-state index contributed by atoms with van der Waals surface area (Å²) in [6.07, 6.45) is 2.74. The second-order valence-electron chi connectivity index (χ2n) is 7.22. The number of benzene rings is 1. The maximum Gasteiger partial charge on any atom is 0.322 e. The molecule has 2 aliphatic heterocycles. The molecule has 27 heavy (non-hydrogen) atoms. The van der Waals surface area contributed by atoms with Gasteiger partial charge in [-0.05, 0) is 43.4 Å². The zero-order valence-electron chi connectivity index (χ0n) is 15.1. The van der Waals surface area contributed by atoms with Gasteiger partial charge in [0.05, 0.1) is 0 Å². The molecule has 0 spiro atoms. The predicted molar refractivity (Wildman–Crippen MR) is 96.8 cm³/mol. The summed E-state index contributed by atoms with van der Waals surface area (Å²) in [6, 6.07) is 4.83. The van der Waals surface area contributed by atoms with Gasteiger partial charge in [-0.3, -0.25) is 14.9 Å². The minimum atomic E-state index is -0.847. The minimum absolute atomic E-state index is 0.0194. The van der Waals surface area contributed by atoms with E-state index in [1.54, 1.807) is 23.1 Å². The zero-order valence-corrected chi connectivity index (χ0v) is 15.1. The third-order valence-electron chi connectivity index (χ3n) is 5.66. The number of H-pyrrole nitrogens is 1. The fourth-order valence-corrected chi connectivity index (χ4v) is 4.30. The van der Waals surface area contributed by atoms with E-state index in [0.717, 1.165) is 11.9 Å². The number of fused-ring (bicyclic) bond motifs is 1. The molecule has 1 aromatic carbocycles. The maximum absolute atomic E-state index is 12.8. The number of piperidine rings is 1. The van der Waals surface area contributed by atoms with Gasteiger partial charge in [0.2, 0.25) is 0 Å². The lowest BCUT2D eigenvalue weighted by Crippen LogP contribution is -2.56. The van der Waals surface area contributed by atoms with Crippen molar-refractivity contribution in [1.82, 2.24) is 30.9 Å². The van der Waals surface area contributed by atoms with Crippen LogP contribution in [-0.4, -0.2) is 56.8 Å². The van der Waals surface area contributed by atoms with Crippen molar-refractivity contribution in [2.24, 2.45) is 5.92 Å². The molecule has 1 aromatic heterocycles. The van der Waals surface area contributed by atoms with E-state index >= 15 is 0 Å². The van der Waals surface area contributed by atoms with E-state index in [-0.39, 0.29) is 17.7 Å². The Balaban J connectivity index is 1.47. The monoisotopic (exact) mass is 370 g/mol. The molecule has 9 heteroatoms. The molecule has 142 valence electrons. The number of carbonyl (C=O) groups excluding carboxylic acids is 3. The summed E-state index contributed by atoms with van der Waals surface area (Å²) in [4.78, 5) is 38.8. The quantitative estimate of drug-likeness (QED) is 0.698. The highest BCUT2D eigenvalue weighted by molar-refractivity contribution is 6.07. The van der Waals surface area contributed by atoms with E-state index in [4.69, 9.17) is 0 Å². The van der Waals surface area contributed by atoms with Crippen molar-refractivity contribution in [3.8, 4) is 0 Å². The fourth-order valence-electron chi connectivity index (χ4n) is 4.30. The van der Waals surface area contributed by atoms with Gasteiger partial charge in [-0.25, -0.2) is 4.79 Å². The molecular formula is C18H22N6O3. The number of imide groups is 1. The van der Waals surface area contributed by atoms with E-state index in [2.05, 4.69) is 26.0 Å². The van der Waals surface area contributed by atoms with Gasteiger partial charge in [-0.1, -0.05) is 13.3 Å². The molecule has 0 aliphatic carbocycles. The molecule has 4 rings (SSSR count). The van der Waals surface area contributed by atoms with Crippen molar-refractivity contribution in [3.63, 3.8) is 0 Å². The number of aromatic nitrogens is 3. The fraction of sp³-hybridized carbons (Fsp3) is 0.500. The lowest BCUT2D eigenvalue weighted by Gasteiger charge is -2.40. The smallest absolute Gasteiger partial charge is 0.322 e. The maximum atomic E-state index is 12.8. The Morgan fingerprint density at radius 3 is 2.63 bits per heavy atom. The van der Waals surface area contributed by atoms with Crippen molar-refractivity contribution >= 4 is 28.9 Å². The molecule has 3 N–H and O–H groups in total. The average Bonchev–Trinajstić information content (AvgIpc) is 3.25. The number of nitrogens with one attached hydrogen (secondary N) is 3. The number of amides is 4. The molecule has 0 saturated carbocycles. The van der Waals surface area contributed by atoms with Gasteiger partial charge in [0.15, 0.2) is 0 Å². The minimum Gasteiger partial charge on any atom is -0.339 e. The van der Waals surface area contributed by atoms with Crippen LogP contribution in [0.3, 0.4) is 0 Å². The van der Waals surface area contributed by atoms with Gasteiger partial charge < -0.3 is 10.2 Å². The molecule has 3 heterocycles. The largest absolute Gasteiger partial charge is 0.339 e. The van der Waals surface area contributed by atoms with Crippen LogP contribution < -0.4 is 10.6 Å². The number of likely N-dealkylation sites (tertiary alicyclic amines) is 1. The first-order valence-corrected chi connectivity index (χ1v) is 9.27. The van der Waals surface area contributed by atoms with Gasteiger partial charge in [-0.15, -0.1) is 0 Å². The second kappa shape index (κ2) is 6.64. The first kappa shape index (κ1) is 17.4. The van der Waals surface area contributed by atoms with Crippen LogP contribution in [0.4, 0.5) is 4.79 Å². The third kappa shape index (κ3) is 2.92. The summed E-state index contributed by atoms with van der Waals surface area (Å²) in [7, 11) is 0. The van der Waals surface area contributed by atoms with Crippen molar-refractivity contribution < 1.29 is 14.4 Å². The normalized spacial score (nSPS) is 23.5. The molecule has 1 atom stereocenters. The standard InChI is InChI=1S/C18H22N6O3/c1-2-7-18(16(26)19-17(27)20-18)12-5-8-24(9-6-12)15(25)11-3-4-13-14(10-11)22-23-21-13/h3-4,10,12H,2,5-9H2,1H3,(H,21,22,23)(H2,19,20,26,27). The highest BCUT2D eigenvalue weighted by atomic mass is 16.2. The van der Waals surface area contributed by atoms with E-state index in [1.807, 2.05) is 6.92 Å². The SMILES string of the molecule is CCCC1(C2CCN(C(=O)c3ccc4n[nH]nc4c3)CC2)NC(=O)NC1=O. The van der Waals surface area contributed by atoms with E-state index < -0.39 is 11.6 Å². The number of nitrogens with zero attached hydrogens (tertiary/aromatic N) is 3. The first-order chi connectivity index (χ1) is 13.0. The molecule has 9 nitrogen and oxygen atoms in total. The highest BCUT2D eigenvalue weighted by Crippen LogP contribution is 2.34. The summed E-state index contributed by atoms with van der Waals surface area (Å²) in [6.45, 7) is 3.10. The Kier molecular flexibility index (Phi) is 4.29. The lowest BCUT2D eigenvalue weighted by atomic mass is 9.75. The molecule has 2 fully saturated rings. The number of aromatic amines is 1. The van der Waals surface area contributed by atoms with Gasteiger partial charge in [0, 0.05) is 18.7 Å². The van der Waals surface area contributed by atoms with Crippen molar-refractivity contribution in [2.75, 3.05) is 13.1 Å². The Bertz CT molecular complexity index is 901. The Labute approximate surface area is 155 Å². The molecule has 0 radical (unpaired) electrons. The van der Waals surface area contributed by atoms with Gasteiger partial charge in [0.25, 0.3) is 11.8 Å². The van der Waals surface area contributed by atoms with Crippen LogP contribution in [0.5, 0.6) is 0 Å². The molecule has 4 amide bonds. The molecule has 2 aliphatic rings. The van der Waals surface area contributed by atoms with Gasteiger partial charge in [-0.2, -0.15) is 15.4 Å². The number of hydrogen-bond acceptors (Lipinski definition) is 5. The molecule has 1 unspecified atom stereocenters. The van der Waals surface area contributed by atoms with Gasteiger partial charge in [0.1, 0.15) is 16.6 Å². The Morgan fingerprint density at radius 2 is 1.96 bits per heavy atom. The van der Waals surface area contributed by atoms with E-state index in [9.17, 15) is 14.4 Å². The number of urea groups is 1. The Morgan fingerprint density at radius 1 is 1.22 bits per heavy atom. The zero-order chi connectivity index (χ0) is 19.0. The van der Waals surface area contributed by atoms with Crippen molar-refractivity contribution in [3.05, 3.63) is 23.8 Å². The summed E-state index contributed by atoms with van der Waals surface area (Å²) >= 11 is 0. The van der Waals surface area contributed by atoms with Crippen LogP contribution >= 0.6 is 0 Å². The lowest BCUT2D eigenvalue weighted by molar-refractivity contribution is -0.127. The van der Waals surface area contributed by atoms with Crippen LogP contribution in [0.15, 0.2) is 18.2 Å². The van der Waals surface area contributed by atoms with E-state index in [0.29, 0.717) is 43.4 Å². The van der Waals surface area contributed by atoms with E-state index in [1.165, 1.54) is 0 Å².